The van der Waals surface area contributed by atoms with Gasteiger partial charge in [-0.25, -0.2) is 18.6 Å². The van der Waals surface area contributed by atoms with E-state index in [0.29, 0.717) is 27.7 Å². The Morgan fingerprint density at radius 2 is 2.13 bits per heavy atom. The Bertz CT molecular complexity index is 1470. The van der Waals surface area contributed by atoms with E-state index in [0.717, 1.165) is 18.9 Å². The molecule has 1 aliphatic carbocycles. The number of H-pyrrole nitrogens is 2. The Morgan fingerprint density at radius 3 is 2.84 bits per heavy atom. The first-order valence-electron chi connectivity index (χ1n) is 9.60. The molecule has 4 aromatic rings. The molecule has 0 amide bonds. The van der Waals surface area contributed by atoms with E-state index in [1.54, 1.807) is 16.8 Å². The van der Waals surface area contributed by atoms with Crippen LogP contribution in [0.15, 0.2) is 40.2 Å². The number of hydrogen-bond acceptors (Lipinski definition) is 6. The van der Waals surface area contributed by atoms with E-state index in [4.69, 9.17) is 0 Å². The van der Waals surface area contributed by atoms with Crippen molar-refractivity contribution in [2.75, 3.05) is 5.32 Å². The van der Waals surface area contributed by atoms with Crippen LogP contribution in [0.3, 0.4) is 0 Å². The number of halogens is 2. The quantitative estimate of drug-likeness (QED) is 0.379. The van der Waals surface area contributed by atoms with Gasteiger partial charge in [0.25, 0.3) is 0 Å². The van der Waals surface area contributed by atoms with Gasteiger partial charge in [0.2, 0.25) is 5.88 Å². The smallest absolute Gasteiger partial charge is 0.326 e. The fourth-order valence-electron chi connectivity index (χ4n) is 3.14. The van der Waals surface area contributed by atoms with Crippen LogP contribution in [-0.2, 0) is 6.54 Å². The molecule has 0 saturated heterocycles. The summed E-state index contributed by atoms with van der Waals surface area (Å²) < 4.78 is 28.7. The molecule has 0 spiro atoms. The van der Waals surface area contributed by atoms with E-state index in [9.17, 15) is 18.7 Å². The van der Waals surface area contributed by atoms with Gasteiger partial charge in [-0.2, -0.15) is 9.61 Å². The number of aromatic nitrogens is 5. The Kier molecular flexibility index (Phi) is 4.50. The first-order valence-corrected chi connectivity index (χ1v) is 9.60. The van der Waals surface area contributed by atoms with Crippen molar-refractivity contribution in [1.82, 2.24) is 24.6 Å². The number of imidazole rings is 1. The number of rotatable bonds is 5. The minimum Gasteiger partial charge on any atom is -0.493 e. The second-order valence-corrected chi connectivity index (χ2v) is 7.27. The second kappa shape index (κ2) is 7.35. The highest BCUT2D eigenvalue weighted by Crippen LogP contribution is 2.22. The van der Waals surface area contributed by atoms with Crippen LogP contribution in [0.5, 0.6) is 5.88 Å². The van der Waals surface area contributed by atoms with Crippen LogP contribution in [0.1, 0.15) is 24.1 Å². The van der Waals surface area contributed by atoms with E-state index in [-0.39, 0.29) is 24.2 Å². The van der Waals surface area contributed by atoms with E-state index >= 15 is 0 Å². The molecule has 3 heterocycles. The maximum atomic E-state index is 14.0. The van der Waals surface area contributed by atoms with Gasteiger partial charge in [-0.3, -0.25) is 9.98 Å². The molecular formula is C20H17F2N7O2. The van der Waals surface area contributed by atoms with Crippen molar-refractivity contribution in [2.45, 2.75) is 25.4 Å². The van der Waals surface area contributed by atoms with Gasteiger partial charge in [0, 0.05) is 29.5 Å². The molecule has 0 atom stereocenters. The van der Waals surface area contributed by atoms with Crippen LogP contribution in [0.25, 0.3) is 11.7 Å². The number of aromatic hydroxyl groups is 1. The van der Waals surface area contributed by atoms with Crippen molar-refractivity contribution < 1.29 is 13.9 Å². The van der Waals surface area contributed by atoms with Crippen molar-refractivity contribution in [3.63, 3.8) is 0 Å². The molecule has 11 heteroatoms. The molecule has 0 bridgehead atoms. The van der Waals surface area contributed by atoms with E-state index < -0.39 is 17.3 Å². The third-order valence-electron chi connectivity index (χ3n) is 4.85. The van der Waals surface area contributed by atoms with Gasteiger partial charge < -0.3 is 15.4 Å². The molecule has 1 aliphatic rings. The van der Waals surface area contributed by atoms with Gasteiger partial charge in [0.05, 0.1) is 12.2 Å². The normalized spacial score (nSPS) is 15.2. The van der Waals surface area contributed by atoms with Crippen LogP contribution in [0.2, 0.25) is 0 Å². The van der Waals surface area contributed by atoms with Gasteiger partial charge in [-0.15, -0.1) is 0 Å². The molecule has 5 rings (SSSR count). The lowest BCUT2D eigenvalue weighted by molar-refractivity contribution is 0.454. The van der Waals surface area contributed by atoms with Crippen LogP contribution in [0.4, 0.5) is 14.6 Å². The summed E-state index contributed by atoms with van der Waals surface area (Å²) >= 11 is 0. The Morgan fingerprint density at radius 1 is 1.29 bits per heavy atom. The number of nitrogens with zero attached hydrogens (tertiary/aromatic N) is 4. The zero-order chi connectivity index (χ0) is 21.5. The Hall–Kier alpha value is -4.02. The molecule has 3 aromatic heterocycles. The standard InChI is InChI=1S/C20H17F2N7O2/c21-12-2-1-10(14(22)6-12)8-23-16-7-17(25-13-3-4-13)29-18(27-16)11(9-24-29)5-15-19(30)28-20(31)26-15/h1-2,5-7,9,13,23,30H,3-4,8H2,(H2,26,28,31). The average molecular weight is 425 g/mol. The first-order chi connectivity index (χ1) is 15.0. The number of nitrogens with one attached hydrogen (secondary N) is 3. The van der Waals surface area contributed by atoms with E-state index in [2.05, 4.69) is 30.4 Å². The van der Waals surface area contributed by atoms with Gasteiger partial charge >= 0.3 is 5.69 Å². The highest BCUT2D eigenvalue weighted by molar-refractivity contribution is 5.57. The molecule has 0 aliphatic heterocycles. The van der Waals surface area contributed by atoms with E-state index in [1.165, 1.54) is 18.2 Å². The lowest BCUT2D eigenvalue weighted by Crippen LogP contribution is -2.20. The molecule has 1 saturated carbocycles. The monoisotopic (exact) mass is 425 g/mol. The van der Waals surface area contributed by atoms with Crippen LogP contribution >= 0.6 is 0 Å². The van der Waals surface area contributed by atoms with Crippen LogP contribution < -0.4 is 21.7 Å². The van der Waals surface area contributed by atoms with E-state index in [1.807, 2.05) is 0 Å². The lowest BCUT2D eigenvalue weighted by Gasteiger charge is -2.07. The fraction of sp³-hybridized carbons (Fsp3) is 0.200. The number of benzene rings is 1. The predicted molar refractivity (Wildman–Crippen MR) is 107 cm³/mol. The highest BCUT2D eigenvalue weighted by atomic mass is 19.1. The summed E-state index contributed by atoms with van der Waals surface area (Å²) in [6.45, 7) is 0.0945. The lowest BCUT2D eigenvalue weighted by atomic mass is 10.2. The average Bonchev–Trinajstić information content (AvgIpc) is 3.36. The molecule has 1 aromatic carbocycles. The van der Waals surface area contributed by atoms with Gasteiger partial charge in [0.1, 0.15) is 23.1 Å². The van der Waals surface area contributed by atoms with Crippen molar-refractivity contribution in [3.05, 3.63) is 74.5 Å². The van der Waals surface area contributed by atoms with Crippen LogP contribution in [0, 0.1) is 11.6 Å². The minimum absolute atomic E-state index is 0.0945. The highest BCUT2D eigenvalue weighted by Gasteiger charge is 2.20. The number of anilines is 1. The summed E-state index contributed by atoms with van der Waals surface area (Å²) in [4.78, 5) is 25.3. The van der Waals surface area contributed by atoms with Crippen molar-refractivity contribution in [1.29, 1.82) is 0 Å². The summed E-state index contributed by atoms with van der Waals surface area (Å²) in [6, 6.07) is 5.32. The summed E-state index contributed by atoms with van der Waals surface area (Å²) in [5.41, 5.74) is 0.945. The second-order valence-electron chi connectivity index (χ2n) is 7.27. The number of aromatic amines is 2. The predicted octanol–water partition coefficient (Wildman–Crippen LogP) is 0.952. The molecule has 158 valence electrons. The zero-order valence-electron chi connectivity index (χ0n) is 16.1. The Labute approximate surface area is 172 Å². The molecule has 4 N–H and O–H groups in total. The molecule has 0 radical (unpaired) electrons. The largest absolute Gasteiger partial charge is 0.493 e. The molecule has 1 fully saturated rings. The molecular weight excluding hydrogens is 408 g/mol. The third-order valence-corrected chi connectivity index (χ3v) is 4.85. The van der Waals surface area contributed by atoms with Crippen molar-refractivity contribution in [2.24, 2.45) is 4.99 Å². The zero-order valence-corrected chi connectivity index (χ0v) is 16.1. The number of fused-ring (bicyclic) bond motifs is 1. The summed E-state index contributed by atoms with van der Waals surface area (Å²) in [5, 5.41) is 17.7. The maximum Gasteiger partial charge on any atom is 0.326 e. The fourth-order valence-corrected chi connectivity index (χ4v) is 3.14. The first kappa shape index (κ1) is 19.0. The molecule has 0 unspecified atom stereocenters. The van der Waals surface area contributed by atoms with Crippen molar-refractivity contribution in [3.8, 4) is 5.88 Å². The van der Waals surface area contributed by atoms with Gasteiger partial charge in [-0.1, -0.05) is 6.07 Å². The topological polar surface area (TPSA) is 123 Å². The maximum absolute atomic E-state index is 14.0. The SMILES string of the molecule is O=c1[nH]c(O)c(C=c2cnn3c(=NC4CC4)cc(NCc4ccc(F)cc4F)nc23)[nH]1. The number of hydrogen-bond donors (Lipinski definition) is 4. The minimum atomic E-state index is -0.651. The van der Waals surface area contributed by atoms with Gasteiger partial charge in [-0.05, 0) is 25.0 Å². The van der Waals surface area contributed by atoms with Gasteiger partial charge in [0.15, 0.2) is 11.1 Å². The molecule has 31 heavy (non-hydrogen) atoms. The Balaban J connectivity index is 1.58. The van der Waals surface area contributed by atoms with Crippen molar-refractivity contribution >= 4 is 17.5 Å². The summed E-state index contributed by atoms with van der Waals surface area (Å²) in [5.74, 6) is -1.16. The third kappa shape index (κ3) is 3.89. The summed E-state index contributed by atoms with van der Waals surface area (Å²) in [6.07, 6.45) is 5.06. The van der Waals surface area contributed by atoms with Crippen LogP contribution in [-0.4, -0.2) is 35.7 Å². The molecule has 9 nitrogen and oxygen atoms in total. The summed E-state index contributed by atoms with van der Waals surface area (Å²) in [7, 11) is 0.